The zero-order valence-corrected chi connectivity index (χ0v) is 13.4. The van der Waals surface area contributed by atoms with Crippen LogP contribution in [0.4, 0.5) is 0 Å². The smallest absolute Gasteiger partial charge is 0.155 e. The van der Waals surface area contributed by atoms with Crippen LogP contribution in [0.2, 0.25) is 0 Å². The van der Waals surface area contributed by atoms with Gasteiger partial charge in [-0.2, -0.15) is 0 Å². The number of ketones is 2. The quantitative estimate of drug-likeness (QED) is 0.810. The van der Waals surface area contributed by atoms with Crippen LogP contribution in [0.3, 0.4) is 0 Å². The largest absolute Gasteiger partial charge is 0.389 e. The van der Waals surface area contributed by atoms with Gasteiger partial charge in [-0.1, -0.05) is 6.92 Å². The highest BCUT2D eigenvalue weighted by molar-refractivity contribution is 5.91. The Kier molecular flexibility index (Phi) is 3.34. The first-order valence-electron chi connectivity index (χ1n) is 9.02. The summed E-state index contributed by atoms with van der Waals surface area (Å²) in [7, 11) is 0. The molecule has 3 heteroatoms. The lowest BCUT2D eigenvalue weighted by atomic mass is 9.51. The van der Waals surface area contributed by atoms with Crippen LogP contribution >= 0.6 is 0 Å². The Labute approximate surface area is 132 Å². The molecular formula is C19H26O3. The van der Waals surface area contributed by atoms with Crippen LogP contribution in [-0.4, -0.2) is 22.8 Å². The lowest BCUT2D eigenvalue weighted by molar-refractivity contribution is -0.134. The van der Waals surface area contributed by atoms with E-state index in [-0.39, 0.29) is 11.2 Å². The summed E-state index contributed by atoms with van der Waals surface area (Å²) in [5.41, 5.74) is 0.915. The zero-order valence-electron chi connectivity index (χ0n) is 13.4. The highest BCUT2D eigenvalue weighted by Gasteiger charge is 2.58. The summed E-state index contributed by atoms with van der Waals surface area (Å²) in [5, 5.41) is 10.6. The minimum atomic E-state index is -0.459. The normalized spacial score (nSPS) is 47.5. The summed E-state index contributed by atoms with van der Waals surface area (Å²) in [4.78, 5) is 24.2. The van der Waals surface area contributed by atoms with E-state index in [9.17, 15) is 14.7 Å². The van der Waals surface area contributed by atoms with E-state index in [1.165, 1.54) is 0 Å². The average molecular weight is 302 g/mol. The number of Topliss-reactive ketones (excluding diaryl/α,β-unsaturated/α-hetero) is 1. The molecule has 0 aromatic rings. The van der Waals surface area contributed by atoms with E-state index >= 15 is 0 Å². The molecule has 3 fully saturated rings. The van der Waals surface area contributed by atoms with Crippen molar-refractivity contribution in [2.24, 2.45) is 29.1 Å². The number of hydrogen-bond acceptors (Lipinski definition) is 3. The summed E-state index contributed by atoms with van der Waals surface area (Å²) in [6.45, 7) is 2.17. The van der Waals surface area contributed by atoms with Crippen LogP contribution in [0.1, 0.15) is 58.3 Å². The standard InChI is InChI=1S/C19H26O3/c1-2-19-8-7-13-12-4-3-11(20)9-15(12)17(21)10-14(13)16(19)5-6-18(19)22/h9,12-14,16-17,21H,2-8,10H2,1H3/t12-,13-,14-,16+,17-,19+/m1/s1. The maximum absolute atomic E-state index is 12.5. The lowest BCUT2D eigenvalue weighted by Gasteiger charge is -2.54. The number of fused-ring (bicyclic) bond motifs is 5. The van der Waals surface area contributed by atoms with Gasteiger partial charge in [-0.15, -0.1) is 0 Å². The molecule has 0 aliphatic heterocycles. The van der Waals surface area contributed by atoms with E-state index in [1.54, 1.807) is 6.08 Å². The summed E-state index contributed by atoms with van der Waals surface area (Å²) in [5.74, 6) is 2.57. The number of carbonyl (C=O) groups excluding carboxylic acids is 2. The minimum Gasteiger partial charge on any atom is -0.389 e. The van der Waals surface area contributed by atoms with Gasteiger partial charge in [-0.3, -0.25) is 9.59 Å². The minimum absolute atomic E-state index is 0.0907. The first kappa shape index (κ1) is 14.6. The molecule has 120 valence electrons. The van der Waals surface area contributed by atoms with Crippen molar-refractivity contribution in [1.82, 2.24) is 0 Å². The fourth-order valence-electron chi connectivity index (χ4n) is 6.41. The third-order valence-corrected chi connectivity index (χ3v) is 7.42. The van der Waals surface area contributed by atoms with Crippen LogP contribution in [0, 0.1) is 29.1 Å². The van der Waals surface area contributed by atoms with Gasteiger partial charge in [0.15, 0.2) is 5.78 Å². The van der Waals surface area contributed by atoms with Gasteiger partial charge in [0.05, 0.1) is 6.10 Å². The molecule has 3 saturated carbocycles. The van der Waals surface area contributed by atoms with E-state index < -0.39 is 6.10 Å². The van der Waals surface area contributed by atoms with Gasteiger partial charge >= 0.3 is 0 Å². The molecule has 1 N–H and O–H groups in total. The number of hydrogen-bond donors (Lipinski definition) is 1. The number of carbonyl (C=O) groups is 2. The molecule has 0 unspecified atom stereocenters. The van der Waals surface area contributed by atoms with Gasteiger partial charge in [0.2, 0.25) is 0 Å². The summed E-state index contributed by atoms with van der Waals surface area (Å²) in [6.07, 6.45) is 8.42. The second-order valence-corrected chi connectivity index (χ2v) is 7.95. The second-order valence-electron chi connectivity index (χ2n) is 7.95. The first-order chi connectivity index (χ1) is 10.6. The number of aliphatic hydroxyl groups excluding tert-OH is 1. The summed E-state index contributed by atoms with van der Waals surface area (Å²) >= 11 is 0. The second kappa shape index (κ2) is 5.02. The Morgan fingerprint density at radius 1 is 1.18 bits per heavy atom. The Bertz CT molecular complexity index is 549. The van der Waals surface area contributed by atoms with Crippen LogP contribution in [-0.2, 0) is 9.59 Å². The van der Waals surface area contributed by atoms with E-state index in [2.05, 4.69) is 6.92 Å². The maximum Gasteiger partial charge on any atom is 0.155 e. The lowest BCUT2D eigenvalue weighted by Crippen LogP contribution is -2.50. The topological polar surface area (TPSA) is 54.4 Å². The highest BCUT2D eigenvalue weighted by atomic mass is 16.3. The predicted molar refractivity (Wildman–Crippen MR) is 83.1 cm³/mol. The molecule has 0 saturated heterocycles. The Hall–Kier alpha value is -0.960. The van der Waals surface area contributed by atoms with Gasteiger partial charge in [-0.05, 0) is 73.8 Å². The number of aliphatic hydroxyl groups is 1. The first-order valence-corrected chi connectivity index (χ1v) is 9.02. The molecule has 6 atom stereocenters. The third-order valence-electron chi connectivity index (χ3n) is 7.42. The maximum atomic E-state index is 12.5. The molecule has 22 heavy (non-hydrogen) atoms. The molecule has 4 aliphatic rings. The molecule has 0 amide bonds. The molecule has 0 bridgehead atoms. The molecule has 4 rings (SSSR count). The summed E-state index contributed by atoms with van der Waals surface area (Å²) < 4.78 is 0. The Morgan fingerprint density at radius 2 is 2.00 bits per heavy atom. The molecular weight excluding hydrogens is 276 g/mol. The van der Waals surface area contributed by atoms with E-state index in [4.69, 9.17) is 0 Å². The molecule has 0 heterocycles. The third kappa shape index (κ3) is 1.84. The predicted octanol–water partition coefficient (Wildman–Crippen LogP) is 3.06. The molecule has 0 spiro atoms. The molecule has 0 aromatic carbocycles. The molecule has 4 aliphatic carbocycles. The molecule has 3 nitrogen and oxygen atoms in total. The van der Waals surface area contributed by atoms with E-state index in [0.29, 0.717) is 35.9 Å². The van der Waals surface area contributed by atoms with Crippen molar-refractivity contribution in [3.63, 3.8) is 0 Å². The van der Waals surface area contributed by atoms with Crippen molar-refractivity contribution < 1.29 is 14.7 Å². The van der Waals surface area contributed by atoms with Gasteiger partial charge in [0, 0.05) is 18.3 Å². The van der Waals surface area contributed by atoms with Crippen molar-refractivity contribution in [2.75, 3.05) is 0 Å². The van der Waals surface area contributed by atoms with Gasteiger partial charge in [0.1, 0.15) is 5.78 Å². The van der Waals surface area contributed by atoms with Crippen LogP contribution in [0.25, 0.3) is 0 Å². The van der Waals surface area contributed by atoms with Crippen LogP contribution in [0.5, 0.6) is 0 Å². The van der Waals surface area contributed by atoms with Crippen molar-refractivity contribution in [2.45, 2.75) is 64.4 Å². The Balaban J connectivity index is 1.69. The van der Waals surface area contributed by atoms with Crippen molar-refractivity contribution in [1.29, 1.82) is 0 Å². The van der Waals surface area contributed by atoms with Gasteiger partial charge in [-0.25, -0.2) is 0 Å². The summed E-state index contributed by atoms with van der Waals surface area (Å²) in [6, 6.07) is 0. The molecule has 0 aromatic heterocycles. The van der Waals surface area contributed by atoms with E-state index in [1.807, 2.05) is 0 Å². The van der Waals surface area contributed by atoms with Gasteiger partial charge < -0.3 is 5.11 Å². The Morgan fingerprint density at radius 3 is 2.77 bits per heavy atom. The fourth-order valence-corrected chi connectivity index (χ4v) is 6.41. The highest BCUT2D eigenvalue weighted by Crippen LogP contribution is 2.61. The van der Waals surface area contributed by atoms with Gasteiger partial charge in [0.25, 0.3) is 0 Å². The van der Waals surface area contributed by atoms with Crippen LogP contribution < -0.4 is 0 Å². The van der Waals surface area contributed by atoms with Crippen molar-refractivity contribution >= 4 is 11.6 Å². The number of rotatable bonds is 1. The SMILES string of the molecule is CC[C@]12CC[C@H]3[C@@H](C[C@@H](O)C4=CC(=O)CC[C@@H]43)[C@@H]1CCC2=O. The van der Waals surface area contributed by atoms with Crippen molar-refractivity contribution in [3.8, 4) is 0 Å². The monoisotopic (exact) mass is 302 g/mol. The van der Waals surface area contributed by atoms with Crippen LogP contribution in [0.15, 0.2) is 11.6 Å². The molecule has 0 radical (unpaired) electrons. The average Bonchev–Trinajstić information content (AvgIpc) is 2.85. The van der Waals surface area contributed by atoms with E-state index in [0.717, 1.165) is 50.5 Å². The van der Waals surface area contributed by atoms with Crippen molar-refractivity contribution in [3.05, 3.63) is 11.6 Å². The zero-order chi connectivity index (χ0) is 15.5. The fraction of sp³-hybridized carbons (Fsp3) is 0.789.